The lowest BCUT2D eigenvalue weighted by Crippen LogP contribution is -2.13. The Hall–Kier alpha value is -4.17. The maximum Gasteiger partial charge on any atom is 0.261 e. The van der Waals surface area contributed by atoms with Crippen LogP contribution in [0.25, 0.3) is 0 Å². The number of ether oxygens (including phenoxy) is 4. The van der Waals surface area contributed by atoms with E-state index in [1.165, 1.54) is 0 Å². The summed E-state index contributed by atoms with van der Waals surface area (Å²) in [6, 6.07) is 27.3. The van der Waals surface area contributed by atoms with Crippen LogP contribution in [0, 0.1) is 0 Å². The number of hydrogen-bond acceptors (Lipinski definition) is 6. The van der Waals surface area contributed by atoms with Crippen LogP contribution in [-0.4, -0.2) is 15.2 Å². The molecule has 2 heterocycles. The number of anilines is 1. The van der Waals surface area contributed by atoms with Gasteiger partial charge in [0.1, 0.15) is 12.7 Å². The van der Waals surface area contributed by atoms with Crippen LogP contribution in [-0.2, 0) is 16.6 Å². The van der Waals surface area contributed by atoms with Crippen molar-refractivity contribution in [1.29, 1.82) is 0 Å². The van der Waals surface area contributed by atoms with Crippen molar-refractivity contribution in [3.63, 3.8) is 0 Å². The summed E-state index contributed by atoms with van der Waals surface area (Å²) < 4.78 is 52.5. The summed E-state index contributed by atoms with van der Waals surface area (Å²) in [4.78, 5) is 0.185. The maximum absolute atomic E-state index is 13.1. The largest absolute Gasteiger partial charge is 0.485 e. The average Bonchev–Trinajstić information content (AvgIpc) is 3.52. The zero-order chi connectivity index (χ0) is 25.4. The smallest absolute Gasteiger partial charge is 0.261 e. The van der Waals surface area contributed by atoms with Gasteiger partial charge < -0.3 is 18.9 Å². The molecule has 0 saturated carbocycles. The molecule has 0 radical (unpaired) electrons. The van der Waals surface area contributed by atoms with Crippen LogP contribution in [0.5, 0.6) is 23.0 Å². The molecule has 0 saturated heterocycles. The Morgan fingerprint density at radius 1 is 0.892 bits per heavy atom. The minimum absolute atomic E-state index is 0.0735. The van der Waals surface area contributed by atoms with E-state index in [9.17, 15) is 8.42 Å². The van der Waals surface area contributed by atoms with Crippen molar-refractivity contribution in [1.82, 2.24) is 0 Å². The second-order valence-electron chi connectivity index (χ2n) is 9.03. The summed E-state index contributed by atoms with van der Waals surface area (Å²) in [5.41, 5.74) is 3.20. The summed E-state index contributed by atoms with van der Waals surface area (Å²) in [7, 11) is -3.78. The van der Waals surface area contributed by atoms with Crippen molar-refractivity contribution in [2.45, 2.75) is 30.4 Å². The minimum Gasteiger partial charge on any atom is -0.485 e. The van der Waals surface area contributed by atoms with Gasteiger partial charge >= 0.3 is 0 Å². The molecule has 1 N–H and O–H groups in total. The zero-order valence-electron chi connectivity index (χ0n) is 20.1. The molecular weight excluding hydrogens is 490 g/mol. The fraction of sp³-hybridized carbons (Fsp3) is 0.172. The molecule has 0 spiro atoms. The van der Waals surface area contributed by atoms with Crippen molar-refractivity contribution in [3.05, 3.63) is 108 Å². The van der Waals surface area contributed by atoms with Crippen LogP contribution < -0.4 is 23.7 Å². The van der Waals surface area contributed by atoms with Crippen molar-refractivity contribution >= 4 is 15.7 Å². The van der Waals surface area contributed by atoms with Crippen molar-refractivity contribution < 1.29 is 27.4 Å². The molecule has 4 aromatic rings. The highest BCUT2D eigenvalue weighted by molar-refractivity contribution is 7.92. The van der Waals surface area contributed by atoms with E-state index < -0.39 is 10.0 Å². The van der Waals surface area contributed by atoms with Crippen molar-refractivity contribution in [3.8, 4) is 23.0 Å². The third-order valence-electron chi connectivity index (χ3n) is 6.54. The first-order valence-electron chi connectivity index (χ1n) is 12.0. The quantitative estimate of drug-likeness (QED) is 0.324. The molecule has 0 unspecified atom stereocenters. The van der Waals surface area contributed by atoms with Gasteiger partial charge in [0.25, 0.3) is 10.0 Å². The Morgan fingerprint density at radius 2 is 1.62 bits per heavy atom. The lowest BCUT2D eigenvalue weighted by atomic mass is 9.92. The third-order valence-corrected chi connectivity index (χ3v) is 7.94. The van der Waals surface area contributed by atoms with Crippen LogP contribution in [0.4, 0.5) is 5.69 Å². The first kappa shape index (κ1) is 23.2. The van der Waals surface area contributed by atoms with Crippen LogP contribution in [0.3, 0.4) is 0 Å². The van der Waals surface area contributed by atoms with E-state index in [-0.39, 0.29) is 23.7 Å². The van der Waals surface area contributed by atoms with E-state index in [2.05, 4.69) is 11.6 Å². The third kappa shape index (κ3) is 4.56. The molecule has 7 nitrogen and oxygen atoms in total. The highest BCUT2D eigenvalue weighted by atomic mass is 32.2. The van der Waals surface area contributed by atoms with Gasteiger partial charge in [-0.3, -0.25) is 4.72 Å². The standard InChI is InChI=1S/C29H25NO6S/c1-19-24-15-22(30-37(31,32)23-10-6-3-7-11-23)16-27(33-17-20-8-4-2-5-9-20)29(24)36-28(19)21-12-13-25-26(14-21)35-18-34-25/h2-16,19,28,30H,17-18H2,1H3/t19-,28-/m0/s1. The monoisotopic (exact) mass is 515 g/mol. The number of fused-ring (bicyclic) bond motifs is 2. The van der Waals surface area contributed by atoms with Gasteiger partial charge in [0.05, 0.1) is 10.6 Å². The van der Waals surface area contributed by atoms with Gasteiger partial charge in [0.2, 0.25) is 6.79 Å². The summed E-state index contributed by atoms with van der Waals surface area (Å²) in [6.45, 7) is 2.56. The van der Waals surface area contributed by atoms with Gasteiger partial charge in [0, 0.05) is 17.5 Å². The Balaban J connectivity index is 1.35. The van der Waals surface area contributed by atoms with Gasteiger partial charge in [-0.1, -0.05) is 61.5 Å². The Bertz CT molecular complexity index is 1540. The second-order valence-corrected chi connectivity index (χ2v) is 10.7. The van der Waals surface area contributed by atoms with Gasteiger partial charge in [-0.05, 0) is 41.5 Å². The summed E-state index contributed by atoms with van der Waals surface area (Å²) in [5, 5.41) is 0. The number of rotatable bonds is 7. The normalized spacial score (nSPS) is 17.6. The molecule has 0 bridgehead atoms. The minimum atomic E-state index is -3.78. The first-order chi connectivity index (χ1) is 18.0. The van der Waals surface area contributed by atoms with Crippen LogP contribution in [0.2, 0.25) is 0 Å². The van der Waals surface area contributed by atoms with Crippen molar-refractivity contribution in [2.75, 3.05) is 11.5 Å². The van der Waals surface area contributed by atoms with E-state index in [0.29, 0.717) is 35.3 Å². The summed E-state index contributed by atoms with van der Waals surface area (Å²) >= 11 is 0. The predicted octanol–water partition coefficient (Wildman–Crippen LogP) is 6.03. The highest BCUT2D eigenvalue weighted by Gasteiger charge is 2.36. The molecule has 2 aliphatic heterocycles. The predicted molar refractivity (Wildman–Crippen MR) is 139 cm³/mol. The Kier molecular flexibility index (Phi) is 5.88. The average molecular weight is 516 g/mol. The zero-order valence-corrected chi connectivity index (χ0v) is 20.9. The van der Waals surface area contributed by atoms with Crippen LogP contribution in [0.15, 0.2) is 95.9 Å². The lowest BCUT2D eigenvalue weighted by Gasteiger charge is -2.16. The molecule has 0 aromatic heterocycles. The molecule has 8 heteroatoms. The molecule has 6 rings (SSSR count). The Morgan fingerprint density at radius 3 is 2.41 bits per heavy atom. The van der Waals surface area contributed by atoms with Gasteiger partial charge in [-0.25, -0.2) is 8.42 Å². The van der Waals surface area contributed by atoms with E-state index >= 15 is 0 Å². The van der Waals surface area contributed by atoms with E-state index in [4.69, 9.17) is 18.9 Å². The number of nitrogens with one attached hydrogen (secondary N) is 1. The molecule has 0 fully saturated rings. The molecule has 0 aliphatic carbocycles. The summed E-state index contributed by atoms with van der Waals surface area (Å²) in [6.07, 6.45) is -0.301. The van der Waals surface area contributed by atoms with Gasteiger partial charge in [0.15, 0.2) is 23.0 Å². The summed E-state index contributed by atoms with van der Waals surface area (Å²) in [5.74, 6) is 2.39. The number of benzene rings is 4. The van der Waals surface area contributed by atoms with E-state index in [1.54, 1.807) is 36.4 Å². The highest BCUT2D eigenvalue weighted by Crippen LogP contribution is 2.52. The SMILES string of the molecule is C[C@H]1c2cc(NS(=O)(=O)c3ccccc3)cc(OCc3ccccc3)c2O[C@@H]1c1ccc2c(c1)OCO2. The topological polar surface area (TPSA) is 83.1 Å². The molecule has 2 aliphatic rings. The first-order valence-corrected chi connectivity index (χ1v) is 13.4. The molecule has 4 aromatic carbocycles. The number of sulfonamides is 1. The maximum atomic E-state index is 13.1. The fourth-order valence-electron chi connectivity index (χ4n) is 4.64. The molecule has 2 atom stereocenters. The van der Waals surface area contributed by atoms with Gasteiger partial charge in [-0.2, -0.15) is 0 Å². The van der Waals surface area contributed by atoms with E-state index in [1.807, 2.05) is 54.6 Å². The molecular formula is C29H25NO6S. The second kappa shape index (κ2) is 9.37. The van der Waals surface area contributed by atoms with Crippen LogP contribution in [0.1, 0.15) is 35.6 Å². The number of hydrogen-bond donors (Lipinski definition) is 1. The fourth-order valence-corrected chi connectivity index (χ4v) is 5.70. The lowest BCUT2D eigenvalue weighted by molar-refractivity contribution is 0.173. The van der Waals surface area contributed by atoms with Gasteiger partial charge in [-0.15, -0.1) is 0 Å². The molecule has 0 amide bonds. The van der Waals surface area contributed by atoms with Crippen molar-refractivity contribution in [2.24, 2.45) is 0 Å². The molecule has 37 heavy (non-hydrogen) atoms. The van der Waals surface area contributed by atoms with E-state index in [0.717, 1.165) is 16.7 Å². The van der Waals surface area contributed by atoms with Crippen LogP contribution >= 0.6 is 0 Å². The Labute approximate surface area is 215 Å². The molecule has 188 valence electrons.